The van der Waals surface area contributed by atoms with Crippen LogP contribution in [0.4, 0.5) is 0 Å². The highest BCUT2D eigenvalue weighted by atomic mass is 16.7. The molecule has 2 fully saturated rings. The minimum atomic E-state index is -2.46. The normalized spacial score (nSPS) is 27.0. The lowest BCUT2D eigenvalue weighted by atomic mass is 9.95. The van der Waals surface area contributed by atoms with Gasteiger partial charge in [0.2, 0.25) is 11.8 Å². The first-order valence-electron chi connectivity index (χ1n) is 6.82. The Bertz CT molecular complexity index is 477. The lowest BCUT2D eigenvalue weighted by molar-refractivity contribution is -0.451. The van der Waals surface area contributed by atoms with Crippen molar-refractivity contribution >= 4 is 0 Å². The number of benzene rings is 1. The predicted molar refractivity (Wildman–Crippen MR) is 70.2 cm³/mol. The third kappa shape index (κ3) is 2.82. The molecule has 21 heavy (non-hydrogen) atoms. The molecule has 2 aliphatic rings. The molecule has 1 aromatic rings. The minimum absolute atomic E-state index is 0.0308. The number of rotatable bonds is 2. The van der Waals surface area contributed by atoms with Crippen molar-refractivity contribution in [1.29, 1.82) is 0 Å². The highest BCUT2D eigenvalue weighted by Crippen LogP contribution is 2.44. The van der Waals surface area contributed by atoms with Crippen molar-refractivity contribution in [2.75, 3.05) is 13.2 Å². The van der Waals surface area contributed by atoms with E-state index in [2.05, 4.69) is 0 Å². The number of ether oxygens (including phenoxy) is 2. The first kappa shape index (κ1) is 14.9. The molecule has 0 amide bonds. The summed E-state index contributed by atoms with van der Waals surface area (Å²) in [5.41, 5.74) is 0.724. The molecule has 1 aromatic carbocycles. The summed E-state index contributed by atoms with van der Waals surface area (Å²) in [7, 11) is 0. The molecule has 2 saturated heterocycles. The Morgan fingerprint density at radius 3 is 1.95 bits per heavy atom. The van der Waals surface area contributed by atoms with E-state index >= 15 is 0 Å². The maximum Gasteiger partial charge on any atom is 0.234 e. The van der Waals surface area contributed by atoms with E-state index < -0.39 is 17.6 Å². The topological polar surface area (TPSA) is 103 Å². The minimum Gasteiger partial charge on any atom is -0.353 e. The van der Waals surface area contributed by atoms with Gasteiger partial charge in [0.1, 0.15) is 0 Å². The first-order valence-corrected chi connectivity index (χ1v) is 6.82. The highest BCUT2D eigenvalue weighted by molar-refractivity contribution is 5.15. The zero-order valence-electron chi connectivity index (χ0n) is 11.5. The Morgan fingerprint density at radius 2 is 1.43 bits per heavy atom. The average Bonchev–Trinajstić information content (AvgIpc) is 2.81. The van der Waals surface area contributed by atoms with E-state index in [1.54, 1.807) is 24.3 Å². The van der Waals surface area contributed by atoms with Crippen LogP contribution in [0.15, 0.2) is 30.3 Å². The largest absolute Gasteiger partial charge is 0.353 e. The fraction of sp³-hybridized carbons (Fsp3) is 0.571. The van der Waals surface area contributed by atoms with Crippen LogP contribution in [0.5, 0.6) is 0 Å². The van der Waals surface area contributed by atoms with Gasteiger partial charge in [0.25, 0.3) is 0 Å². The summed E-state index contributed by atoms with van der Waals surface area (Å²) >= 11 is 0. The third-order valence-corrected chi connectivity index (χ3v) is 3.87. The molecule has 116 valence electrons. The van der Waals surface area contributed by atoms with Crippen molar-refractivity contribution in [2.45, 2.75) is 37.0 Å². The first-order chi connectivity index (χ1) is 9.83. The SMILES string of the molecule is OC1(O)CC2(CC(O)(O)N1Cc1ccccc1)OCCO2. The van der Waals surface area contributed by atoms with Crippen molar-refractivity contribution in [3.63, 3.8) is 0 Å². The van der Waals surface area contributed by atoms with E-state index in [0.717, 1.165) is 10.5 Å². The van der Waals surface area contributed by atoms with Crippen molar-refractivity contribution in [3.05, 3.63) is 35.9 Å². The summed E-state index contributed by atoms with van der Waals surface area (Å²) < 4.78 is 10.7. The van der Waals surface area contributed by atoms with Gasteiger partial charge >= 0.3 is 0 Å². The molecule has 0 atom stereocenters. The van der Waals surface area contributed by atoms with Gasteiger partial charge in [0.05, 0.1) is 26.1 Å². The van der Waals surface area contributed by atoms with Gasteiger partial charge in [0.15, 0.2) is 5.79 Å². The second-order valence-corrected chi connectivity index (χ2v) is 5.58. The Morgan fingerprint density at radius 1 is 0.905 bits per heavy atom. The summed E-state index contributed by atoms with van der Waals surface area (Å²) in [5, 5.41) is 41.0. The van der Waals surface area contributed by atoms with Gasteiger partial charge in [-0.25, -0.2) is 0 Å². The summed E-state index contributed by atoms with van der Waals surface area (Å²) in [6.45, 7) is 0.534. The molecule has 0 aliphatic carbocycles. The second kappa shape index (κ2) is 4.99. The number of likely N-dealkylation sites (tertiary alicyclic amines) is 1. The van der Waals surface area contributed by atoms with Gasteiger partial charge in [-0.15, -0.1) is 0 Å². The Balaban J connectivity index is 1.86. The quantitative estimate of drug-likeness (QED) is 0.535. The molecular weight excluding hydrogens is 278 g/mol. The molecule has 0 aromatic heterocycles. The van der Waals surface area contributed by atoms with Gasteiger partial charge in [-0.3, -0.25) is 0 Å². The Labute approximate surface area is 122 Å². The van der Waals surface area contributed by atoms with Gasteiger partial charge in [0, 0.05) is 6.54 Å². The summed E-state index contributed by atoms with van der Waals surface area (Å²) in [6.07, 6.45) is -0.564. The molecule has 0 saturated carbocycles. The molecule has 4 N–H and O–H groups in total. The number of hydrogen-bond acceptors (Lipinski definition) is 7. The van der Waals surface area contributed by atoms with Crippen LogP contribution >= 0.6 is 0 Å². The van der Waals surface area contributed by atoms with Gasteiger partial charge in [-0.2, -0.15) is 4.90 Å². The van der Waals surface area contributed by atoms with Crippen LogP contribution < -0.4 is 0 Å². The molecule has 2 aliphatic heterocycles. The van der Waals surface area contributed by atoms with E-state index in [4.69, 9.17) is 9.47 Å². The molecule has 3 rings (SSSR count). The van der Waals surface area contributed by atoms with Gasteiger partial charge in [-0.05, 0) is 5.56 Å². The van der Waals surface area contributed by atoms with E-state index in [1.807, 2.05) is 6.07 Å². The summed E-state index contributed by atoms with van der Waals surface area (Å²) in [4.78, 5) is 0.825. The van der Waals surface area contributed by atoms with Crippen molar-refractivity contribution in [1.82, 2.24) is 4.90 Å². The predicted octanol–water partition coefficient (Wildman–Crippen LogP) is -0.698. The highest BCUT2D eigenvalue weighted by Gasteiger charge is 2.61. The summed E-state index contributed by atoms with van der Waals surface area (Å²) in [5.74, 6) is -6.29. The summed E-state index contributed by atoms with van der Waals surface area (Å²) in [6, 6.07) is 8.93. The fourth-order valence-corrected chi connectivity index (χ4v) is 2.98. The monoisotopic (exact) mass is 297 g/mol. The fourth-order valence-electron chi connectivity index (χ4n) is 2.98. The lowest BCUT2D eigenvalue weighted by Crippen LogP contribution is -2.69. The van der Waals surface area contributed by atoms with E-state index in [9.17, 15) is 20.4 Å². The van der Waals surface area contributed by atoms with Gasteiger partial charge < -0.3 is 29.9 Å². The zero-order valence-corrected chi connectivity index (χ0v) is 11.5. The Kier molecular flexibility index (Phi) is 3.53. The van der Waals surface area contributed by atoms with E-state index in [-0.39, 0.29) is 32.6 Å². The van der Waals surface area contributed by atoms with Crippen molar-refractivity contribution in [2.24, 2.45) is 0 Å². The molecular formula is C14H19NO6. The Hall–Kier alpha value is -1.06. The molecule has 0 unspecified atom stereocenters. The van der Waals surface area contributed by atoms with Crippen LogP contribution in [0.1, 0.15) is 18.4 Å². The second-order valence-electron chi connectivity index (χ2n) is 5.58. The van der Waals surface area contributed by atoms with Crippen LogP contribution in [-0.4, -0.2) is 56.1 Å². The van der Waals surface area contributed by atoms with Crippen molar-refractivity contribution < 1.29 is 29.9 Å². The molecule has 7 nitrogen and oxygen atoms in total. The maximum atomic E-state index is 10.3. The smallest absolute Gasteiger partial charge is 0.234 e. The molecule has 1 spiro atoms. The average molecular weight is 297 g/mol. The van der Waals surface area contributed by atoms with Crippen LogP contribution in [0.2, 0.25) is 0 Å². The number of aliphatic hydroxyl groups is 4. The van der Waals surface area contributed by atoms with E-state index in [1.165, 1.54) is 0 Å². The van der Waals surface area contributed by atoms with Crippen LogP contribution in [0.3, 0.4) is 0 Å². The van der Waals surface area contributed by atoms with Crippen LogP contribution in [0, 0.1) is 0 Å². The number of nitrogens with zero attached hydrogens (tertiary/aromatic N) is 1. The molecule has 7 heteroatoms. The molecule has 2 heterocycles. The number of piperidine rings is 1. The van der Waals surface area contributed by atoms with Crippen LogP contribution in [-0.2, 0) is 16.0 Å². The number of hydrogen-bond donors (Lipinski definition) is 4. The third-order valence-electron chi connectivity index (χ3n) is 3.87. The van der Waals surface area contributed by atoms with Crippen LogP contribution in [0.25, 0.3) is 0 Å². The molecule has 0 bridgehead atoms. The van der Waals surface area contributed by atoms with Crippen molar-refractivity contribution in [3.8, 4) is 0 Å². The zero-order chi connectivity index (χ0) is 15.1. The maximum absolute atomic E-state index is 10.3. The lowest BCUT2D eigenvalue weighted by Gasteiger charge is -2.51. The standard InChI is InChI=1S/C14H19NO6/c16-13(17)9-12(20-6-7-21-12)10-14(18,19)15(13)8-11-4-2-1-3-5-11/h1-5,16-19H,6-10H2. The molecule has 0 radical (unpaired) electrons. The van der Waals surface area contributed by atoms with E-state index in [0.29, 0.717) is 0 Å². The van der Waals surface area contributed by atoms with Gasteiger partial charge in [-0.1, -0.05) is 30.3 Å².